The Labute approximate surface area is 167 Å². The average Bonchev–Trinajstić information content (AvgIpc) is 3.00. The van der Waals surface area contributed by atoms with Crippen LogP contribution in [-0.4, -0.2) is 24.2 Å². The number of nitrogens with zero attached hydrogens (tertiary/aromatic N) is 2. The number of H-pyrrole nitrogens is 1. The summed E-state index contributed by atoms with van der Waals surface area (Å²) in [6.07, 6.45) is 4.28. The van der Waals surface area contributed by atoms with Crippen molar-refractivity contribution in [1.82, 2.24) is 0 Å². The molecule has 0 bridgehead atoms. The third kappa shape index (κ3) is 3.36. The Morgan fingerprint density at radius 3 is 2.68 bits per heavy atom. The third-order valence-corrected chi connectivity index (χ3v) is 6.37. The van der Waals surface area contributed by atoms with Crippen LogP contribution in [0.4, 0.5) is 5.69 Å². The summed E-state index contributed by atoms with van der Waals surface area (Å²) in [7, 11) is 1.57. The molecule has 1 unspecified atom stereocenters. The summed E-state index contributed by atoms with van der Waals surface area (Å²) >= 11 is 1.28. The van der Waals surface area contributed by atoms with Crippen molar-refractivity contribution in [2.24, 2.45) is 0 Å². The van der Waals surface area contributed by atoms with Gasteiger partial charge < -0.3 is 4.74 Å². The lowest BCUT2D eigenvalue weighted by atomic mass is 9.95. The molecule has 142 valence electrons. The van der Waals surface area contributed by atoms with E-state index in [9.17, 15) is 14.9 Å². The first-order valence-corrected chi connectivity index (χ1v) is 10.1. The number of benzene rings is 1. The Kier molecular flexibility index (Phi) is 5.05. The van der Waals surface area contributed by atoms with Gasteiger partial charge in [0.1, 0.15) is 22.6 Å². The molecule has 0 spiro atoms. The number of methoxy groups -OCH3 is 1. The van der Waals surface area contributed by atoms with Crippen LogP contribution in [0.25, 0.3) is 0 Å². The van der Waals surface area contributed by atoms with Crippen molar-refractivity contribution in [2.75, 3.05) is 12.0 Å². The zero-order chi connectivity index (χ0) is 19.7. The summed E-state index contributed by atoms with van der Waals surface area (Å²) in [6.45, 7) is 0. The van der Waals surface area contributed by atoms with Gasteiger partial charge in [-0.1, -0.05) is 0 Å². The highest BCUT2D eigenvalue weighted by molar-refractivity contribution is 8.00. The van der Waals surface area contributed by atoms with Crippen LogP contribution in [0.5, 0.6) is 5.75 Å². The molecule has 2 amide bonds. The maximum atomic E-state index is 12.9. The van der Waals surface area contributed by atoms with E-state index in [1.165, 1.54) is 22.2 Å². The zero-order valence-corrected chi connectivity index (χ0v) is 16.3. The maximum absolute atomic E-state index is 12.9. The summed E-state index contributed by atoms with van der Waals surface area (Å²) in [4.78, 5) is 30.0. The van der Waals surface area contributed by atoms with Crippen LogP contribution in [0.3, 0.4) is 0 Å². The maximum Gasteiger partial charge on any atom is 0.257 e. The second kappa shape index (κ2) is 7.64. The minimum atomic E-state index is -0.542. The molecule has 4 rings (SSSR count). The molecular formula is C21H20N3O3S+. The molecule has 1 N–H and O–H groups in total. The summed E-state index contributed by atoms with van der Waals surface area (Å²) in [5.41, 5.74) is 3.39. The molecule has 1 fully saturated rings. The molecular weight excluding hydrogens is 374 g/mol. The van der Waals surface area contributed by atoms with Crippen molar-refractivity contribution in [3.63, 3.8) is 0 Å². The number of aryl methyl sites for hydroxylation is 2. The van der Waals surface area contributed by atoms with E-state index in [4.69, 9.17) is 4.74 Å². The zero-order valence-electron chi connectivity index (χ0n) is 15.5. The lowest BCUT2D eigenvalue weighted by molar-refractivity contribution is -0.439. The van der Waals surface area contributed by atoms with Gasteiger partial charge in [-0.15, -0.1) is 0 Å². The van der Waals surface area contributed by atoms with Crippen molar-refractivity contribution >= 4 is 29.3 Å². The molecule has 1 aliphatic carbocycles. The van der Waals surface area contributed by atoms with Crippen LogP contribution < -0.4 is 14.6 Å². The number of pyridine rings is 1. The number of aromatic nitrogens is 1. The number of ether oxygens (including phenoxy) is 1. The van der Waals surface area contributed by atoms with Crippen LogP contribution in [-0.2, 0) is 22.4 Å². The predicted octanol–water partition coefficient (Wildman–Crippen LogP) is 2.68. The van der Waals surface area contributed by atoms with Gasteiger partial charge in [-0.3, -0.25) is 9.59 Å². The number of imide groups is 1. The number of amides is 2. The highest BCUT2D eigenvalue weighted by Crippen LogP contribution is 2.35. The van der Waals surface area contributed by atoms with Gasteiger partial charge in [-0.2, -0.15) is 5.26 Å². The predicted molar refractivity (Wildman–Crippen MR) is 104 cm³/mol. The van der Waals surface area contributed by atoms with Gasteiger partial charge in [-0.25, -0.2) is 9.88 Å². The van der Waals surface area contributed by atoms with Crippen LogP contribution in [0.2, 0.25) is 0 Å². The number of rotatable bonds is 4. The Balaban J connectivity index is 1.58. The Hall–Kier alpha value is -2.85. The SMILES string of the molecule is COc1ccc(N2C(=O)CC(Sc3[nH+]c4c(cc3C#N)CCCC4)C2=O)cc1. The van der Waals surface area contributed by atoms with Gasteiger partial charge in [0.2, 0.25) is 11.8 Å². The van der Waals surface area contributed by atoms with E-state index in [0.717, 1.165) is 31.4 Å². The van der Waals surface area contributed by atoms with E-state index in [1.54, 1.807) is 31.4 Å². The summed E-state index contributed by atoms with van der Waals surface area (Å²) in [6, 6.07) is 11.0. The Morgan fingerprint density at radius 1 is 1.21 bits per heavy atom. The Bertz CT molecular complexity index is 982. The number of hydrogen-bond acceptors (Lipinski definition) is 5. The fourth-order valence-corrected chi connectivity index (χ4v) is 4.82. The Morgan fingerprint density at radius 2 is 1.96 bits per heavy atom. The first-order chi connectivity index (χ1) is 13.6. The number of nitriles is 1. The third-order valence-electron chi connectivity index (χ3n) is 5.15. The second-order valence-corrected chi connectivity index (χ2v) is 8.12. The van der Waals surface area contributed by atoms with E-state index in [-0.39, 0.29) is 18.2 Å². The normalized spacial score (nSPS) is 18.7. The molecule has 1 atom stereocenters. The van der Waals surface area contributed by atoms with Gasteiger partial charge in [0.05, 0.1) is 12.8 Å². The topological polar surface area (TPSA) is 84.5 Å². The van der Waals surface area contributed by atoms with Crippen LogP contribution in [0.1, 0.15) is 36.1 Å². The van der Waals surface area contributed by atoms with Crippen molar-refractivity contribution in [2.45, 2.75) is 42.4 Å². The van der Waals surface area contributed by atoms with Gasteiger partial charge in [0, 0.05) is 18.4 Å². The fourth-order valence-electron chi connectivity index (χ4n) is 3.69. The summed E-state index contributed by atoms with van der Waals surface area (Å²) in [5, 5.41) is 9.66. The number of nitrogens with one attached hydrogen (secondary N) is 1. The number of carbonyl (C=O) groups excluding carboxylic acids is 2. The molecule has 2 aromatic rings. The van der Waals surface area contributed by atoms with E-state index in [0.29, 0.717) is 22.0 Å². The van der Waals surface area contributed by atoms with Crippen LogP contribution in [0, 0.1) is 11.3 Å². The van der Waals surface area contributed by atoms with E-state index >= 15 is 0 Å². The minimum absolute atomic E-state index is 0.116. The molecule has 6 nitrogen and oxygen atoms in total. The molecule has 0 radical (unpaired) electrons. The van der Waals surface area contributed by atoms with Crippen LogP contribution >= 0.6 is 11.8 Å². The quantitative estimate of drug-likeness (QED) is 0.745. The molecule has 7 heteroatoms. The van der Waals surface area contributed by atoms with Crippen LogP contribution in [0.15, 0.2) is 35.4 Å². The number of carbonyl (C=O) groups is 2. The van der Waals surface area contributed by atoms with E-state index in [1.807, 2.05) is 6.07 Å². The molecule has 0 saturated carbocycles. The smallest absolute Gasteiger partial charge is 0.257 e. The molecule has 1 saturated heterocycles. The van der Waals surface area contributed by atoms with Gasteiger partial charge in [0.15, 0.2) is 5.69 Å². The average molecular weight is 394 g/mol. The lowest BCUT2D eigenvalue weighted by Gasteiger charge is -2.15. The number of anilines is 1. The van der Waals surface area contributed by atoms with Crippen molar-refractivity contribution in [3.05, 3.63) is 47.2 Å². The van der Waals surface area contributed by atoms with E-state index < -0.39 is 5.25 Å². The van der Waals surface area contributed by atoms with Crippen molar-refractivity contribution in [1.29, 1.82) is 5.26 Å². The molecule has 1 aliphatic heterocycles. The fraction of sp³-hybridized carbons (Fsp3) is 0.333. The second-order valence-electron chi connectivity index (χ2n) is 6.91. The van der Waals surface area contributed by atoms with E-state index in [2.05, 4.69) is 11.1 Å². The first kappa shape index (κ1) is 18.5. The highest BCUT2D eigenvalue weighted by atomic mass is 32.2. The number of aromatic amines is 1. The standard InChI is InChI=1S/C21H19N3O3S/c1-27-16-8-6-15(7-9-16)24-19(25)11-18(21(24)26)28-20-14(12-22)10-13-4-2-3-5-17(13)23-20/h6-10,18H,2-5,11H2,1H3/p+1. The van der Waals surface area contributed by atoms with Crippen molar-refractivity contribution in [3.8, 4) is 11.8 Å². The molecule has 28 heavy (non-hydrogen) atoms. The molecule has 2 aliphatic rings. The largest absolute Gasteiger partial charge is 0.497 e. The number of fused-ring (bicyclic) bond motifs is 1. The first-order valence-electron chi connectivity index (χ1n) is 9.26. The number of hydrogen-bond donors (Lipinski definition) is 0. The number of thioether (sulfide) groups is 1. The van der Waals surface area contributed by atoms with Gasteiger partial charge >= 0.3 is 0 Å². The highest BCUT2D eigenvalue weighted by Gasteiger charge is 2.42. The van der Waals surface area contributed by atoms with Crippen molar-refractivity contribution < 1.29 is 19.3 Å². The minimum Gasteiger partial charge on any atom is -0.497 e. The monoisotopic (exact) mass is 394 g/mol. The summed E-state index contributed by atoms with van der Waals surface area (Å²) in [5.74, 6) is 0.176. The molecule has 1 aromatic carbocycles. The lowest BCUT2D eigenvalue weighted by Crippen LogP contribution is -2.31. The summed E-state index contributed by atoms with van der Waals surface area (Å²) < 4.78 is 5.13. The molecule has 1 aromatic heterocycles. The van der Waals surface area contributed by atoms with Gasteiger partial charge in [-0.05, 0) is 61.4 Å². The van der Waals surface area contributed by atoms with Gasteiger partial charge in [0.25, 0.3) is 5.03 Å². The molecule has 2 heterocycles.